The van der Waals surface area contributed by atoms with E-state index in [1.54, 1.807) is 0 Å². The minimum absolute atomic E-state index is 0.607. The van der Waals surface area contributed by atoms with E-state index in [9.17, 15) is 9.59 Å². The van der Waals surface area contributed by atoms with Gasteiger partial charge in [0.2, 0.25) is 5.91 Å². The first-order valence-corrected chi connectivity index (χ1v) is 5.06. The lowest BCUT2D eigenvalue weighted by atomic mass is 10.1. The summed E-state index contributed by atoms with van der Waals surface area (Å²) in [6.07, 6.45) is 0. The van der Waals surface area contributed by atoms with Crippen molar-refractivity contribution in [2.75, 3.05) is 0 Å². The third-order valence-corrected chi connectivity index (χ3v) is 2.10. The Hall–Kier alpha value is -2.62. The quantitative estimate of drug-likeness (QED) is 0.881. The largest absolute Gasteiger partial charge is 0.368 e. The molecule has 0 fully saturated rings. The number of carbonyl (C=O) groups is 2. The molecule has 1 unspecified atom stereocenters. The van der Waals surface area contributed by atoms with Gasteiger partial charge >= 0.3 is 0 Å². The maximum absolute atomic E-state index is 12.6. The Labute approximate surface area is 125 Å². The average Bonchev–Trinajstić information content (AvgIpc) is 2.67. The van der Waals surface area contributed by atoms with Gasteiger partial charge in [-0.2, -0.15) is 0 Å². The van der Waals surface area contributed by atoms with E-state index < -0.39 is 89.4 Å². The molecule has 1 atom stereocenters. The highest BCUT2D eigenvalue weighted by molar-refractivity contribution is 5.97. The van der Waals surface area contributed by atoms with Crippen LogP contribution in [-0.4, -0.2) is 11.8 Å². The number of nitrogens with two attached hydrogens (primary N) is 1. The summed E-state index contributed by atoms with van der Waals surface area (Å²) in [4.78, 5) is 24.5. The molecule has 2 rings (SSSR count). The molecule has 4 nitrogen and oxygen atoms in total. The summed E-state index contributed by atoms with van der Waals surface area (Å²) >= 11 is 0. The van der Waals surface area contributed by atoms with Crippen molar-refractivity contribution in [1.82, 2.24) is 5.32 Å². The van der Waals surface area contributed by atoms with E-state index in [0.717, 1.165) is 0 Å². The van der Waals surface area contributed by atoms with Crippen LogP contribution in [0.3, 0.4) is 0 Å². The number of hydrogen-bond donors (Lipinski definition) is 2. The second-order valence-electron chi connectivity index (χ2n) is 3.35. The van der Waals surface area contributed by atoms with Crippen molar-refractivity contribution in [2.24, 2.45) is 5.73 Å². The molecule has 3 N–H and O–H groups in total. The number of amides is 2. The van der Waals surface area contributed by atoms with Crippen LogP contribution in [0, 0.1) is 0 Å². The number of nitrogens with one attached hydrogen (secondary N) is 1. The summed E-state index contributed by atoms with van der Waals surface area (Å²) in [5, 5.41) is 2.01. The highest BCUT2D eigenvalue weighted by Gasteiger charge is 2.20. The molecule has 0 heterocycles. The van der Waals surface area contributed by atoms with Gasteiger partial charge in [0.25, 0.3) is 5.91 Å². The summed E-state index contributed by atoms with van der Waals surface area (Å²) in [5.74, 6) is -2.57. The van der Waals surface area contributed by atoms with E-state index in [1.165, 1.54) is 0 Å². The lowest BCUT2D eigenvalue weighted by Gasteiger charge is -2.15. The summed E-state index contributed by atoms with van der Waals surface area (Å²) in [6, 6.07) is -9.66. The van der Waals surface area contributed by atoms with Crippen molar-refractivity contribution < 1.29 is 23.3 Å². The van der Waals surface area contributed by atoms with Crippen LogP contribution in [0.4, 0.5) is 0 Å². The molecule has 19 heavy (non-hydrogen) atoms. The Bertz CT molecular complexity index is 998. The molecule has 0 aliphatic heterocycles. The molecule has 0 saturated heterocycles. The summed E-state index contributed by atoms with van der Waals surface area (Å²) in [7, 11) is 0. The molecule has 2 aromatic carbocycles. The first-order valence-electron chi connectivity index (χ1n) is 10.1. The predicted molar refractivity (Wildman–Crippen MR) is 72.3 cm³/mol. The van der Waals surface area contributed by atoms with Crippen LogP contribution in [0.2, 0.25) is 0 Å². The predicted octanol–water partition coefficient (Wildman–Crippen LogP) is 1.64. The van der Waals surface area contributed by atoms with Crippen molar-refractivity contribution in [3.8, 4) is 0 Å². The maximum Gasteiger partial charge on any atom is 0.252 e. The number of carbonyl (C=O) groups excluding carboxylic acids is 2. The molecule has 4 heteroatoms. The zero-order valence-electron chi connectivity index (χ0n) is 19.5. The van der Waals surface area contributed by atoms with Gasteiger partial charge < -0.3 is 11.1 Å². The molecular weight excluding hydrogens is 240 g/mol. The number of rotatable bonds is 4. The van der Waals surface area contributed by atoms with Crippen molar-refractivity contribution in [1.29, 1.82) is 0 Å². The average molecular weight is 264 g/mol. The molecule has 2 amide bonds. The van der Waals surface area contributed by atoms with Crippen LogP contribution in [0.1, 0.15) is 35.7 Å². The topological polar surface area (TPSA) is 72.2 Å². The SMILES string of the molecule is [2H]c1c([2H])c([2H])c(C(=O)NC(C(N)=O)c2c([2H])c([2H])c([2H])c([2H])c2[2H])c([2H])c1[2H]. The second-order valence-corrected chi connectivity index (χ2v) is 3.35. The normalized spacial score (nSPS) is 18.9. The van der Waals surface area contributed by atoms with E-state index in [1.807, 2.05) is 5.32 Å². The number of benzene rings is 2. The van der Waals surface area contributed by atoms with Crippen molar-refractivity contribution in [3.63, 3.8) is 0 Å². The molecule has 0 aliphatic carbocycles. The van der Waals surface area contributed by atoms with Crippen molar-refractivity contribution >= 4 is 11.8 Å². The molecule has 0 saturated carbocycles. The minimum atomic E-state index is -1.91. The highest BCUT2D eigenvalue weighted by atomic mass is 16.2. The maximum atomic E-state index is 12.6. The van der Waals surface area contributed by atoms with Gasteiger partial charge in [0.05, 0.1) is 13.7 Å². The zero-order chi connectivity index (χ0) is 22.4. The fraction of sp³-hybridized carbons (Fsp3) is 0.0667. The molecule has 0 spiro atoms. The van der Waals surface area contributed by atoms with Gasteiger partial charge in [0.1, 0.15) is 6.04 Å². The van der Waals surface area contributed by atoms with Gasteiger partial charge in [0.15, 0.2) is 0 Å². The Morgan fingerprint density at radius 3 is 2.05 bits per heavy atom. The first-order chi connectivity index (χ1) is 13.3. The first kappa shape index (κ1) is 5.17. The molecule has 0 aliphatic rings. The third-order valence-electron chi connectivity index (χ3n) is 2.10. The van der Waals surface area contributed by atoms with E-state index in [0.29, 0.717) is 0 Å². The molecule has 0 bridgehead atoms. The lowest BCUT2D eigenvalue weighted by Crippen LogP contribution is -2.37. The van der Waals surface area contributed by atoms with Crippen LogP contribution >= 0.6 is 0 Å². The van der Waals surface area contributed by atoms with Crippen LogP contribution in [0.5, 0.6) is 0 Å². The number of primary amides is 1. The van der Waals surface area contributed by atoms with Crippen LogP contribution < -0.4 is 11.1 Å². The molecule has 2 aromatic rings. The van der Waals surface area contributed by atoms with Gasteiger partial charge in [0, 0.05) is 5.56 Å². The lowest BCUT2D eigenvalue weighted by molar-refractivity contribution is -0.120. The fourth-order valence-corrected chi connectivity index (χ4v) is 1.26. The van der Waals surface area contributed by atoms with E-state index in [-0.39, 0.29) is 0 Å². The van der Waals surface area contributed by atoms with Crippen molar-refractivity contribution in [3.05, 3.63) is 71.6 Å². The Morgan fingerprint density at radius 1 is 1.00 bits per heavy atom. The summed E-state index contributed by atoms with van der Waals surface area (Å²) in [5.41, 5.74) is 3.85. The summed E-state index contributed by atoms with van der Waals surface area (Å²) < 4.78 is 77.0. The van der Waals surface area contributed by atoms with Gasteiger partial charge in [-0.3, -0.25) is 9.59 Å². The highest BCUT2D eigenvalue weighted by Crippen LogP contribution is 2.13. The number of hydrogen-bond acceptors (Lipinski definition) is 2. The smallest absolute Gasteiger partial charge is 0.252 e. The van der Waals surface area contributed by atoms with Crippen LogP contribution in [0.25, 0.3) is 0 Å². The van der Waals surface area contributed by atoms with Gasteiger partial charge in [-0.05, 0) is 17.6 Å². The zero-order valence-corrected chi connectivity index (χ0v) is 9.47. The van der Waals surface area contributed by atoms with E-state index in [4.69, 9.17) is 19.4 Å². The van der Waals surface area contributed by atoms with Gasteiger partial charge in [-0.25, -0.2) is 0 Å². The molecule has 96 valence electrons. The van der Waals surface area contributed by atoms with Crippen molar-refractivity contribution in [2.45, 2.75) is 6.04 Å². The fourth-order valence-electron chi connectivity index (χ4n) is 1.26. The van der Waals surface area contributed by atoms with Crippen LogP contribution in [-0.2, 0) is 4.79 Å². The second kappa shape index (κ2) is 5.82. The summed E-state index contributed by atoms with van der Waals surface area (Å²) in [6.45, 7) is 0. The third kappa shape index (κ3) is 3.19. The monoisotopic (exact) mass is 264 g/mol. The van der Waals surface area contributed by atoms with E-state index in [2.05, 4.69) is 0 Å². The Balaban J connectivity index is 2.64. The van der Waals surface area contributed by atoms with E-state index >= 15 is 0 Å². The molecule has 0 aromatic heterocycles. The molecular formula is C15H14N2O2. The van der Waals surface area contributed by atoms with Crippen LogP contribution in [0.15, 0.2) is 60.4 Å². The Kier molecular flexibility index (Phi) is 1.58. The minimum Gasteiger partial charge on any atom is -0.368 e. The van der Waals surface area contributed by atoms with Gasteiger partial charge in [-0.1, -0.05) is 48.3 Å². The molecule has 0 radical (unpaired) electrons. The standard InChI is InChI=1S/C15H14N2O2/c16-14(18)13(11-7-3-1-4-8-11)17-15(19)12-9-5-2-6-10-12/h1-10,13H,(H2,16,18)(H,17,19)/i1D,2D,3D,4D,5D,6D,7D,8D,9D,10D. The Morgan fingerprint density at radius 2 is 1.53 bits per heavy atom. The van der Waals surface area contributed by atoms with Gasteiger partial charge in [-0.15, -0.1) is 0 Å².